The third-order valence-electron chi connectivity index (χ3n) is 2.84. The second kappa shape index (κ2) is 6.02. The van der Waals surface area contributed by atoms with Crippen molar-refractivity contribution in [3.05, 3.63) is 51.4 Å². The molecule has 1 aromatic carbocycles. The van der Waals surface area contributed by atoms with Crippen LogP contribution < -0.4 is 4.74 Å². The van der Waals surface area contributed by atoms with Crippen LogP contribution in [0.3, 0.4) is 0 Å². The summed E-state index contributed by atoms with van der Waals surface area (Å²) in [5.41, 5.74) is 0.909. The Morgan fingerprint density at radius 3 is 2.81 bits per heavy atom. The average molecular weight is 316 g/mol. The third kappa shape index (κ3) is 2.93. The molecule has 106 valence electrons. The minimum atomic E-state index is 0.452. The Kier molecular flexibility index (Phi) is 3.94. The number of hydrogen-bond acceptors (Lipinski definition) is 5. The summed E-state index contributed by atoms with van der Waals surface area (Å²) in [6.45, 7) is 0. The molecule has 1 N–H and O–H groups in total. The number of H-pyrrole nitrogens is 1. The van der Waals surface area contributed by atoms with Gasteiger partial charge in [-0.3, -0.25) is 0 Å². The van der Waals surface area contributed by atoms with Gasteiger partial charge in [0.2, 0.25) is 4.77 Å². The van der Waals surface area contributed by atoms with Crippen LogP contribution in [0.25, 0.3) is 11.4 Å². The molecule has 0 spiro atoms. The first-order valence-electron chi connectivity index (χ1n) is 6.17. The summed E-state index contributed by atoms with van der Waals surface area (Å²) in [5.74, 6) is 1.46. The van der Waals surface area contributed by atoms with E-state index < -0.39 is 0 Å². The van der Waals surface area contributed by atoms with Crippen LogP contribution in [0.4, 0.5) is 0 Å². The fraction of sp³-hybridized carbons (Fsp3) is 0.0714. The Morgan fingerprint density at radius 1 is 1.33 bits per heavy atom. The molecule has 3 aromatic rings. The van der Waals surface area contributed by atoms with Crippen LogP contribution in [-0.2, 0) is 0 Å². The third-order valence-corrected chi connectivity index (χ3v) is 3.91. The standard InChI is InChI=1S/C14H12N4OS2/c1-19-11-6-4-10(5-7-11)13-16-17-14(20)18(13)15-9-12-3-2-8-21-12/h2-9H,1H3,(H,17,20)/b15-9-. The number of hydrogen-bond donors (Lipinski definition) is 1. The lowest BCUT2D eigenvalue weighted by atomic mass is 10.2. The topological polar surface area (TPSA) is 55.2 Å². The van der Waals surface area contributed by atoms with Crippen molar-refractivity contribution in [2.75, 3.05) is 7.11 Å². The Hall–Kier alpha value is -2.25. The van der Waals surface area contributed by atoms with E-state index in [9.17, 15) is 0 Å². The highest BCUT2D eigenvalue weighted by Crippen LogP contribution is 2.20. The molecule has 0 fully saturated rings. The van der Waals surface area contributed by atoms with E-state index in [4.69, 9.17) is 17.0 Å². The lowest BCUT2D eigenvalue weighted by molar-refractivity contribution is 0.415. The van der Waals surface area contributed by atoms with Crippen LogP contribution in [0.15, 0.2) is 46.9 Å². The lowest BCUT2D eigenvalue weighted by Gasteiger charge is -2.02. The van der Waals surface area contributed by atoms with Crippen molar-refractivity contribution >= 4 is 29.8 Å². The molecule has 3 rings (SSSR count). The van der Waals surface area contributed by atoms with Gasteiger partial charge in [0, 0.05) is 10.4 Å². The quantitative estimate of drug-likeness (QED) is 0.591. The second-order valence-electron chi connectivity index (χ2n) is 4.15. The molecule has 0 bridgehead atoms. The van der Waals surface area contributed by atoms with E-state index in [1.165, 1.54) is 0 Å². The zero-order chi connectivity index (χ0) is 14.7. The maximum atomic E-state index is 5.23. The number of nitrogens with zero attached hydrogens (tertiary/aromatic N) is 3. The molecule has 0 radical (unpaired) electrons. The van der Waals surface area contributed by atoms with E-state index >= 15 is 0 Å². The summed E-state index contributed by atoms with van der Waals surface area (Å²) in [4.78, 5) is 1.05. The van der Waals surface area contributed by atoms with Gasteiger partial charge in [0.25, 0.3) is 0 Å². The minimum Gasteiger partial charge on any atom is -0.497 e. The zero-order valence-corrected chi connectivity index (χ0v) is 12.8. The molecular formula is C14H12N4OS2. The zero-order valence-electron chi connectivity index (χ0n) is 11.2. The molecule has 5 nitrogen and oxygen atoms in total. The Balaban J connectivity index is 1.98. The van der Waals surface area contributed by atoms with Gasteiger partial charge in [0.1, 0.15) is 5.75 Å². The summed E-state index contributed by atoms with van der Waals surface area (Å²) in [7, 11) is 1.64. The smallest absolute Gasteiger partial charge is 0.216 e. The fourth-order valence-corrected chi connectivity index (χ4v) is 2.56. The maximum absolute atomic E-state index is 5.23. The predicted octanol–water partition coefficient (Wildman–Crippen LogP) is 3.56. The molecule has 0 aliphatic carbocycles. The Morgan fingerprint density at radius 2 is 2.14 bits per heavy atom. The van der Waals surface area contributed by atoms with Gasteiger partial charge in [-0.1, -0.05) is 6.07 Å². The molecule has 2 aromatic heterocycles. The number of thiophene rings is 1. The van der Waals surface area contributed by atoms with Crippen LogP contribution >= 0.6 is 23.6 Å². The first-order chi connectivity index (χ1) is 10.3. The van der Waals surface area contributed by atoms with E-state index in [0.29, 0.717) is 10.6 Å². The number of methoxy groups -OCH3 is 1. The lowest BCUT2D eigenvalue weighted by Crippen LogP contribution is -1.94. The SMILES string of the molecule is COc1ccc(-c2n[nH]c(=S)n2/N=C\c2cccs2)cc1. The van der Waals surface area contributed by atoms with E-state index in [0.717, 1.165) is 16.2 Å². The molecule has 2 heterocycles. The summed E-state index contributed by atoms with van der Waals surface area (Å²) >= 11 is 6.84. The highest BCUT2D eigenvalue weighted by molar-refractivity contribution is 7.71. The first-order valence-corrected chi connectivity index (χ1v) is 7.46. The highest BCUT2D eigenvalue weighted by atomic mass is 32.1. The molecule has 21 heavy (non-hydrogen) atoms. The van der Waals surface area contributed by atoms with Gasteiger partial charge in [0.15, 0.2) is 5.82 Å². The highest BCUT2D eigenvalue weighted by Gasteiger charge is 2.08. The van der Waals surface area contributed by atoms with Crippen molar-refractivity contribution in [3.63, 3.8) is 0 Å². The van der Waals surface area contributed by atoms with Gasteiger partial charge in [-0.2, -0.15) is 14.9 Å². The summed E-state index contributed by atoms with van der Waals surface area (Å²) in [6, 6.07) is 11.6. The van der Waals surface area contributed by atoms with Gasteiger partial charge < -0.3 is 4.74 Å². The van der Waals surface area contributed by atoms with Crippen molar-refractivity contribution in [1.29, 1.82) is 0 Å². The number of aromatic nitrogens is 3. The van der Waals surface area contributed by atoms with E-state index in [1.54, 1.807) is 29.3 Å². The number of benzene rings is 1. The molecule has 0 aliphatic heterocycles. The molecule has 7 heteroatoms. The van der Waals surface area contributed by atoms with Gasteiger partial charge in [-0.15, -0.1) is 11.3 Å². The van der Waals surface area contributed by atoms with Crippen molar-refractivity contribution in [1.82, 2.24) is 14.9 Å². The number of aromatic amines is 1. The molecule has 0 atom stereocenters. The summed E-state index contributed by atoms with van der Waals surface area (Å²) in [5, 5.41) is 13.4. The Bertz CT molecular complexity index is 800. The molecule has 0 amide bonds. The van der Waals surface area contributed by atoms with E-state index in [1.807, 2.05) is 41.8 Å². The van der Waals surface area contributed by atoms with Crippen molar-refractivity contribution in [3.8, 4) is 17.1 Å². The summed E-state index contributed by atoms with van der Waals surface area (Å²) < 4.78 is 7.21. The van der Waals surface area contributed by atoms with E-state index in [-0.39, 0.29) is 0 Å². The molecule has 0 unspecified atom stereocenters. The second-order valence-corrected chi connectivity index (χ2v) is 5.52. The van der Waals surface area contributed by atoms with Gasteiger partial charge in [-0.05, 0) is 47.9 Å². The van der Waals surface area contributed by atoms with Crippen LogP contribution in [0.2, 0.25) is 0 Å². The maximum Gasteiger partial charge on any atom is 0.216 e. The van der Waals surface area contributed by atoms with E-state index in [2.05, 4.69) is 15.3 Å². The summed E-state index contributed by atoms with van der Waals surface area (Å²) in [6.07, 6.45) is 1.77. The van der Waals surface area contributed by atoms with Gasteiger partial charge >= 0.3 is 0 Å². The van der Waals surface area contributed by atoms with Crippen molar-refractivity contribution in [2.24, 2.45) is 5.10 Å². The predicted molar refractivity (Wildman–Crippen MR) is 86.7 cm³/mol. The number of ether oxygens (including phenoxy) is 1. The van der Waals surface area contributed by atoms with Crippen LogP contribution in [0, 0.1) is 4.77 Å². The van der Waals surface area contributed by atoms with Crippen LogP contribution in [-0.4, -0.2) is 28.2 Å². The molecule has 0 saturated carbocycles. The van der Waals surface area contributed by atoms with Gasteiger partial charge in [-0.25, -0.2) is 5.10 Å². The minimum absolute atomic E-state index is 0.452. The molecular weight excluding hydrogens is 304 g/mol. The largest absolute Gasteiger partial charge is 0.497 e. The van der Waals surface area contributed by atoms with Crippen LogP contribution in [0.1, 0.15) is 4.88 Å². The Labute approximate surface area is 130 Å². The number of rotatable bonds is 4. The fourth-order valence-electron chi connectivity index (χ4n) is 1.81. The normalized spacial score (nSPS) is 11.1. The van der Waals surface area contributed by atoms with Crippen molar-refractivity contribution in [2.45, 2.75) is 0 Å². The molecule has 0 aliphatic rings. The van der Waals surface area contributed by atoms with Crippen LogP contribution in [0.5, 0.6) is 5.75 Å². The number of nitrogens with one attached hydrogen (secondary N) is 1. The van der Waals surface area contributed by atoms with Gasteiger partial charge in [0.05, 0.1) is 13.3 Å². The monoisotopic (exact) mass is 316 g/mol. The van der Waals surface area contributed by atoms with Crippen molar-refractivity contribution < 1.29 is 4.74 Å². The average Bonchev–Trinajstić information content (AvgIpc) is 3.15. The first kappa shape index (κ1) is 13.7. The molecule has 0 saturated heterocycles.